The van der Waals surface area contributed by atoms with Gasteiger partial charge in [-0.25, -0.2) is 0 Å². The van der Waals surface area contributed by atoms with Crippen molar-refractivity contribution in [3.63, 3.8) is 0 Å². The molecule has 2 aromatic carbocycles. The van der Waals surface area contributed by atoms with Gasteiger partial charge in [0.1, 0.15) is 0 Å². The molecule has 0 unspecified atom stereocenters. The minimum atomic E-state index is 0.0508. The standard InChI is InChI=1S/C40H52N6O2/c1-37(2)33-21-36-40(28-44-15-19-48-20-16-44)38(3,4)34(46(36)26-32-11-7-30(24-42)8-12-32)22-35(39(37,40)27-43-13-17-47-18-14-43)45(33)25-31-9-5-29(23-41)6-10-31/h5-12,33-36H,13-22,25-28H2,1-4H3/t33-,34-,35+,36+,39-,40+/m1/s1. The van der Waals surface area contributed by atoms with Gasteiger partial charge in [-0.15, -0.1) is 0 Å². The van der Waals surface area contributed by atoms with E-state index in [4.69, 9.17) is 9.47 Å². The fourth-order valence-corrected chi connectivity index (χ4v) is 12.3. The Kier molecular flexibility index (Phi) is 8.03. The molecule has 0 N–H and O–H groups in total. The Morgan fingerprint density at radius 1 is 0.583 bits per heavy atom. The summed E-state index contributed by atoms with van der Waals surface area (Å²) in [6.45, 7) is 21.9. The van der Waals surface area contributed by atoms with Gasteiger partial charge in [0, 0.05) is 87.4 Å². The monoisotopic (exact) mass is 648 g/mol. The van der Waals surface area contributed by atoms with Crippen molar-refractivity contribution in [2.24, 2.45) is 21.7 Å². The van der Waals surface area contributed by atoms with Gasteiger partial charge in [0.15, 0.2) is 0 Å². The first-order valence-electron chi connectivity index (χ1n) is 18.3. The van der Waals surface area contributed by atoms with Crippen LogP contribution >= 0.6 is 0 Å². The van der Waals surface area contributed by atoms with Crippen LogP contribution in [0.2, 0.25) is 0 Å². The number of nitriles is 2. The topological polar surface area (TPSA) is 79.0 Å². The third kappa shape index (κ3) is 4.53. The number of benzene rings is 2. The van der Waals surface area contributed by atoms with E-state index in [9.17, 15) is 10.5 Å². The number of hydrogen-bond acceptors (Lipinski definition) is 8. The summed E-state index contributed by atoms with van der Waals surface area (Å²) >= 11 is 0. The van der Waals surface area contributed by atoms with Crippen LogP contribution in [0.4, 0.5) is 0 Å². The number of rotatable bonds is 8. The molecule has 8 heteroatoms. The molecule has 2 saturated carbocycles. The van der Waals surface area contributed by atoms with Crippen molar-refractivity contribution in [2.75, 3.05) is 65.7 Å². The average Bonchev–Trinajstić information content (AvgIpc) is 3.29. The molecule has 254 valence electrons. The Bertz CT molecular complexity index is 1460. The van der Waals surface area contributed by atoms with E-state index >= 15 is 0 Å². The van der Waals surface area contributed by atoms with Crippen molar-refractivity contribution < 1.29 is 9.47 Å². The lowest BCUT2D eigenvalue weighted by molar-refractivity contribution is -0.201. The predicted molar refractivity (Wildman–Crippen MR) is 185 cm³/mol. The lowest BCUT2D eigenvalue weighted by Gasteiger charge is -2.69. The van der Waals surface area contributed by atoms with Crippen LogP contribution < -0.4 is 0 Å². The molecule has 8 rings (SSSR count). The van der Waals surface area contributed by atoms with Crippen molar-refractivity contribution in [3.05, 3.63) is 70.8 Å². The number of nitrogens with zero attached hydrogens (tertiary/aromatic N) is 6. The van der Waals surface area contributed by atoms with Crippen LogP contribution in [0, 0.1) is 44.3 Å². The average molecular weight is 649 g/mol. The van der Waals surface area contributed by atoms with E-state index in [-0.39, 0.29) is 21.7 Å². The fourth-order valence-electron chi connectivity index (χ4n) is 12.3. The maximum Gasteiger partial charge on any atom is 0.0991 e. The lowest BCUT2D eigenvalue weighted by Crippen LogP contribution is -2.75. The van der Waals surface area contributed by atoms with Crippen LogP contribution in [0.1, 0.15) is 62.8 Å². The molecule has 0 amide bonds. The summed E-state index contributed by atoms with van der Waals surface area (Å²) in [4.78, 5) is 11.4. The van der Waals surface area contributed by atoms with E-state index < -0.39 is 0 Å². The summed E-state index contributed by atoms with van der Waals surface area (Å²) in [5.74, 6) is 0. The Morgan fingerprint density at radius 3 is 1.27 bits per heavy atom. The molecule has 4 aliphatic heterocycles. The molecule has 4 saturated heterocycles. The third-order valence-corrected chi connectivity index (χ3v) is 14.4. The van der Waals surface area contributed by atoms with Crippen LogP contribution in [0.5, 0.6) is 0 Å². The summed E-state index contributed by atoms with van der Waals surface area (Å²) in [7, 11) is 0. The molecular formula is C40H52N6O2. The molecule has 6 fully saturated rings. The zero-order valence-electron chi connectivity index (χ0n) is 29.3. The minimum Gasteiger partial charge on any atom is -0.379 e. The molecule has 4 heterocycles. The third-order valence-electron chi connectivity index (χ3n) is 14.4. The van der Waals surface area contributed by atoms with Crippen molar-refractivity contribution in [1.82, 2.24) is 19.6 Å². The van der Waals surface area contributed by atoms with Crippen molar-refractivity contribution in [2.45, 2.75) is 77.8 Å². The molecule has 6 aliphatic rings. The van der Waals surface area contributed by atoms with Crippen LogP contribution in [-0.2, 0) is 22.6 Å². The van der Waals surface area contributed by atoms with Gasteiger partial charge in [-0.2, -0.15) is 10.5 Å². The number of likely N-dealkylation sites (tertiary alicyclic amines) is 2. The Labute approximate surface area is 287 Å². The van der Waals surface area contributed by atoms with E-state index in [0.29, 0.717) is 24.2 Å². The van der Waals surface area contributed by atoms with E-state index in [2.05, 4.69) is 83.7 Å². The summed E-state index contributed by atoms with van der Waals surface area (Å²) in [6, 6.07) is 23.1. The van der Waals surface area contributed by atoms with Crippen molar-refractivity contribution >= 4 is 0 Å². The summed E-state index contributed by atoms with van der Waals surface area (Å²) in [6.07, 6.45) is 2.32. The van der Waals surface area contributed by atoms with E-state index in [1.54, 1.807) is 0 Å². The van der Waals surface area contributed by atoms with Crippen molar-refractivity contribution in [1.29, 1.82) is 10.5 Å². The predicted octanol–water partition coefficient (Wildman–Crippen LogP) is 4.73. The number of hydrogen-bond donors (Lipinski definition) is 0. The first kappa shape index (κ1) is 32.4. The Morgan fingerprint density at radius 2 is 0.938 bits per heavy atom. The second kappa shape index (κ2) is 11.9. The molecule has 0 radical (unpaired) electrons. The summed E-state index contributed by atoms with van der Waals surface area (Å²) in [5, 5.41) is 19.0. The molecule has 2 aliphatic carbocycles. The summed E-state index contributed by atoms with van der Waals surface area (Å²) < 4.78 is 11.8. The first-order valence-corrected chi connectivity index (χ1v) is 18.3. The SMILES string of the molecule is CC1(C)[C@H]2C[C@@H]3N(Cc4ccc(C#N)cc4)[C@@H]4C[C@H](N2Cc2ccc(C#N)cc2)[C@]1(CN1CCOCC1)[C@@]3(CN1CCOCC1)C4(C)C. The molecule has 8 nitrogen and oxygen atoms in total. The quantitative estimate of drug-likeness (QED) is 0.407. The number of morpholine rings is 2. The van der Waals surface area contributed by atoms with Crippen LogP contribution in [0.25, 0.3) is 0 Å². The van der Waals surface area contributed by atoms with Gasteiger partial charge in [0.25, 0.3) is 0 Å². The highest BCUT2D eigenvalue weighted by Crippen LogP contribution is 2.80. The first-order chi connectivity index (χ1) is 23.2. The highest BCUT2D eigenvalue weighted by molar-refractivity contribution is 5.39. The smallest absolute Gasteiger partial charge is 0.0991 e. The normalized spacial score (nSPS) is 35.8. The zero-order valence-corrected chi connectivity index (χ0v) is 29.3. The second-order valence-electron chi connectivity index (χ2n) is 16.7. The van der Waals surface area contributed by atoms with E-state index in [0.717, 1.165) is 103 Å². The van der Waals surface area contributed by atoms with Crippen LogP contribution in [-0.4, -0.2) is 109 Å². The second-order valence-corrected chi connectivity index (χ2v) is 16.7. The van der Waals surface area contributed by atoms with E-state index in [1.165, 1.54) is 11.1 Å². The maximum atomic E-state index is 9.51. The summed E-state index contributed by atoms with van der Waals surface area (Å²) in [5.41, 5.74) is 4.34. The number of ether oxygens (including phenoxy) is 2. The Balaban J connectivity index is 1.29. The molecule has 6 atom stereocenters. The van der Waals surface area contributed by atoms with Gasteiger partial charge < -0.3 is 9.47 Å². The minimum absolute atomic E-state index is 0.0508. The van der Waals surface area contributed by atoms with Gasteiger partial charge in [-0.1, -0.05) is 52.0 Å². The van der Waals surface area contributed by atoms with E-state index in [1.807, 2.05) is 24.3 Å². The number of fused-ring (bicyclic) bond motifs is 2. The van der Waals surface area contributed by atoms with Gasteiger partial charge in [0.2, 0.25) is 0 Å². The molecule has 48 heavy (non-hydrogen) atoms. The van der Waals surface area contributed by atoms with Crippen LogP contribution in [0.3, 0.4) is 0 Å². The Hall–Kier alpha value is -2.82. The lowest BCUT2D eigenvalue weighted by atomic mass is 9.35. The zero-order chi connectivity index (χ0) is 33.3. The molecule has 2 aromatic rings. The molecular weight excluding hydrogens is 596 g/mol. The van der Waals surface area contributed by atoms with Gasteiger partial charge >= 0.3 is 0 Å². The molecule has 0 spiro atoms. The molecule has 0 aromatic heterocycles. The van der Waals surface area contributed by atoms with Crippen LogP contribution in [0.15, 0.2) is 48.5 Å². The maximum absolute atomic E-state index is 9.51. The molecule has 4 bridgehead atoms. The van der Waals surface area contributed by atoms with Crippen molar-refractivity contribution in [3.8, 4) is 12.1 Å². The highest BCUT2D eigenvalue weighted by Gasteiger charge is 2.85. The van der Waals surface area contributed by atoms with Gasteiger partial charge in [-0.05, 0) is 59.1 Å². The highest BCUT2D eigenvalue weighted by atomic mass is 16.5. The largest absolute Gasteiger partial charge is 0.379 e. The van der Waals surface area contributed by atoms with Gasteiger partial charge in [-0.3, -0.25) is 19.6 Å². The van der Waals surface area contributed by atoms with Gasteiger partial charge in [0.05, 0.1) is 49.7 Å². The fraction of sp³-hybridized carbons (Fsp3) is 0.650.